The summed E-state index contributed by atoms with van der Waals surface area (Å²) in [6, 6.07) is 13.0. The van der Waals surface area contributed by atoms with Crippen LogP contribution >= 0.6 is 0 Å². The van der Waals surface area contributed by atoms with Gasteiger partial charge >= 0.3 is 0 Å². The van der Waals surface area contributed by atoms with Crippen LogP contribution in [0, 0.1) is 6.92 Å². The minimum Gasteiger partial charge on any atom is -0.331 e. The number of pyridine rings is 1. The third kappa shape index (κ3) is 4.72. The van der Waals surface area contributed by atoms with Crippen molar-refractivity contribution in [3.8, 4) is 11.3 Å². The van der Waals surface area contributed by atoms with Gasteiger partial charge in [-0.2, -0.15) is 0 Å². The van der Waals surface area contributed by atoms with Crippen LogP contribution in [-0.2, 0) is 5.41 Å². The van der Waals surface area contributed by atoms with Crippen molar-refractivity contribution in [3.05, 3.63) is 59.8 Å². The highest BCUT2D eigenvalue weighted by atomic mass is 15.2. The summed E-state index contributed by atoms with van der Waals surface area (Å²) in [5, 5.41) is 0. The third-order valence-electron chi connectivity index (χ3n) is 4.55. The molecule has 0 saturated carbocycles. The molecule has 0 N–H and O–H groups in total. The number of aromatic nitrogens is 1. The van der Waals surface area contributed by atoms with E-state index >= 15 is 0 Å². The summed E-state index contributed by atoms with van der Waals surface area (Å²) in [5.74, 6) is 1.03. The molecule has 0 amide bonds. The van der Waals surface area contributed by atoms with E-state index in [0.717, 1.165) is 36.6 Å². The van der Waals surface area contributed by atoms with E-state index in [0.29, 0.717) is 0 Å². The van der Waals surface area contributed by atoms with Crippen LogP contribution in [0.2, 0.25) is 0 Å². The maximum atomic E-state index is 5.01. The van der Waals surface area contributed by atoms with Crippen molar-refractivity contribution < 1.29 is 0 Å². The molecule has 1 aromatic heterocycles. The van der Waals surface area contributed by atoms with E-state index in [2.05, 4.69) is 89.4 Å². The van der Waals surface area contributed by atoms with E-state index in [4.69, 9.17) is 4.98 Å². The summed E-state index contributed by atoms with van der Waals surface area (Å²) in [6.45, 7) is 18.3. The zero-order valence-electron chi connectivity index (χ0n) is 16.7. The van der Waals surface area contributed by atoms with Gasteiger partial charge in [0, 0.05) is 17.8 Å². The number of unbranched alkanes of at least 4 members (excludes halogenated alkanes) is 1. The fourth-order valence-electron chi connectivity index (χ4n) is 2.89. The maximum Gasteiger partial charge on any atom is 0.136 e. The summed E-state index contributed by atoms with van der Waals surface area (Å²) in [5.41, 5.74) is 5.89. The van der Waals surface area contributed by atoms with Gasteiger partial charge in [-0.05, 0) is 48.9 Å². The van der Waals surface area contributed by atoms with Gasteiger partial charge in [-0.1, -0.05) is 65.0 Å². The topological polar surface area (TPSA) is 16.1 Å². The van der Waals surface area contributed by atoms with E-state index in [1.165, 1.54) is 16.7 Å². The molecule has 2 nitrogen and oxygen atoms in total. The second kappa shape index (κ2) is 7.86. The van der Waals surface area contributed by atoms with Crippen molar-refractivity contribution in [1.82, 2.24) is 4.98 Å². The van der Waals surface area contributed by atoms with Crippen LogP contribution in [0.4, 0.5) is 5.82 Å². The first-order chi connectivity index (χ1) is 11.7. The quantitative estimate of drug-likeness (QED) is 0.599. The van der Waals surface area contributed by atoms with E-state index < -0.39 is 0 Å². The highest BCUT2D eigenvalue weighted by Crippen LogP contribution is 2.29. The highest BCUT2D eigenvalue weighted by Gasteiger charge is 2.16. The Balaban J connectivity index is 2.46. The molecule has 0 aliphatic heterocycles. The number of nitrogens with zero attached hydrogens (tertiary/aromatic N) is 2. The molecule has 0 saturated heterocycles. The number of aryl methyl sites for hydroxylation is 1. The third-order valence-corrected chi connectivity index (χ3v) is 4.55. The Labute approximate surface area is 153 Å². The van der Waals surface area contributed by atoms with Gasteiger partial charge in [0.2, 0.25) is 0 Å². The van der Waals surface area contributed by atoms with E-state index in [-0.39, 0.29) is 5.41 Å². The summed E-state index contributed by atoms with van der Waals surface area (Å²) in [6.07, 6.45) is 2.30. The Morgan fingerprint density at radius 3 is 2.48 bits per heavy atom. The molecule has 0 aliphatic rings. The molecule has 0 atom stereocenters. The zero-order valence-corrected chi connectivity index (χ0v) is 16.7. The SMILES string of the molecule is C=C(C)N(CCCC)c1nc(-c2cccc(C(C)(C)C)c2)ccc1C. The van der Waals surface area contributed by atoms with E-state index in [1.807, 2.05) is 0 Å². The number of allylic oxidation sites excluding steroid dienone is 1. The number of hydrogen-bond donors (Lipinski definition) is 0. The van der Waals surface area contributed by atoms with Crippen molar-refractivity contribution in [2.24, 2.45) is 0 Å². The summed E-state index contributed by atoms with van der Waals surface area (Å²) < 4.78 is 0. The normalized spacial score (nSPS) is 11.4. The van der Waals surface area contributed by atoms with Crippen molar-refractivity contribution in [3.63, 3.8) is 0 Å². The van der Waals surface area contributed by atoms with Gasteiger partial charge < -0.3 is 4.90 Å². The van der Waals surface area contributed by atoms with Crippen molar-refractivity contribution >= 4 is 5.82 Å². The van der Waals surface area contributed by atoms with Gasteiger partial charge in [-0.25, -0.2) is 4.98 Å². The van der Waals surface area contributed by atoms with E-state index in [1.54, 1.807) is 0 Å². The lowest BCUT2D eigenvalue weighted by molar-refractivity contribution is 0.590. The van der Waals surface area contributed by atoms with Crippen LogP contribution < -0.4 is 4.90 Å². The first kappa shape index (κ1) is 19.2. The fourth-order valence-corrected chi connectivity index (χ4v) is 2.89. The monoisotopic (exact) mass is 336 g/mol. The smallest absolute Gasteiger partial charge is 0.136 e. The molecule has 134 valence electrons. The van der Waals surface area contributed by atoms with Crippen LogP contribution in [0.1, 0.15) is 58.6 Å². The minimum absolute atomic E-state index is 0.133. The summed E-state index contributed by atoms with van der Waals surface area (Å²) >= 11 is 0. The average Bonchev–Trinajstić information content (AvgIpc) is 2.56. The summed E-state index contributed by atoms with van der Waals surface area (Å²) in [4.78, 5) is 7.25. The van der Waals surface area contributed by atoms with Crippen molar-refractivity contribution in [1.29, 1.82) is 0 Å². The molecule has 0 radical (unpaired) electrons. The largest absolute Gasteiger partial charge is 0.331 e. The Kier molecular flexibility index (Phi) is 6.05. The van der Waals surface area contributed by atoms with Crippen LogP contribution in [0.3, 0.4) is 0 Å². The first-order valence-corrected chi connectivity index (χ1v) is 9.25. The van der Waals surface area contributed by atoms with Crippen molar-refractivity contribution in [2.45, 2.75) is 59.8 Å². The predicted octanol–water partition coefficient (Wildman–Crippen LogP) is 6.49. The van der Waals surface area contributed by atoms with Gasteiger partial charge in [0.15, 0.2) is 0 Å². The Morgan fingerprint density at radius 1 is 1.16 bits per heavy atom. The molecule has 0 fully saturated rings. The lowest BCUT2D eigenvalue weighted by Crippen LogP contribution is -2.23. The molecule has 2 heteroatoms. The Morgan fingerprint density at radius 2 is 1.88 bits per heavy atom. The van der Waals surface area contributed by atoms with Gasteiger partial charge in [0.05, 0.1) is 5.69 Å². The van der Waals surface area contributed by atoms with Gasteiger partial charge in [0.1, 0.15) is 5.82 Å². The van der Waals surface area contributed by atoms with Gasteiger partial charge in [0.25, 0.3) is 0 Å². The molecular weight excluding hydrogens is 304 g/mol. The maximum absolute atomic E-state index is 5.01. The highest BCUT2D eigenvalue weighted by molar-refractivity contribution is 5.65. The molecule has 0 aliphatic carbocycles. The van der Waals surface area contributed by atoms with Crippen LogP contribution in [0.15, 0.2) is 48.7 Å². The summed E-state index contributed by atoms with van der Waals surface area (Å²) in [7, 11) is 0. The first-order valence-electron chi connectivity index (χ1n) is 9.25. The fraction of sp³-hybridized carbons (Fsp3) is 0.435. The minimum atomic E-state index is 0.133. The van der Waals surface area contributed by atoms with Crippen molar-refractivity contribution in [2.75, 3.05) is 11.4 Å². The molecule has 1 aromatic carbocycles. The standard InChI is InChI=1S/C23H32N2/c1-8-9-15-25(17(2)3)22-18(4)13-14-21(24-22)19-11-10-12-20(16-19)23(5,6)7/h10-14,16H,2,8-9,15H2,1,3-7H3. The lowest BCUT2D eigenvalue weighted by Gasteiger charge is -2.26. The molecule has 0 spiro atoms. The predicted molar refractivity (Wildman–Crippen MR) is 110 cm³/mol. The zero-order chi connectivity index (χ0) is 18.6. The number of benzene rings is 1. The second-order valence-electron chi connectivity index (χ2n) is 7.91. The molecule has 0 bridgehead atoms. The number of hydrogen-bond acceptors (Lipinski definition) is 2. The molecule has 2 aromatic rings. The molecule has 1 heterocycles. The molecule has 25 heavy (non-hydrogen) atoms. The second-order valence-corrected chi connectivity index (χ2v) is 7.91. The van der Waals surface area contributed by atoms with Crippen LogP contribution in [-0.4, -0.2) is 11.5 Å². The Bertz CT molecular complexity index is 738. The van der Waals surface area contributed by atoms with Crippen LogP contribution in [0.5, 0.6) is 0 Å². The average molecular weight is 337 g/mol. The Hall–Kier alpha value is -2.09. The molecule has 2 rings (SSSR count). The van der Waals surface area contributed by atoms with Gasteiger partial charge in [-0.15, -0.1) is 0 Å². The number of rotatable bonds is 6. The molecular formula is C23H32N2. The lowest BCUT2D eigenvalue weighted by atomic mass is 9.86. The molecule has 0 unspecified atom stereocenters. The van der Waals surface area contributed by atoms with E-state index in [9.17, 15) is 0 Å². The van der Waals surface area contributed by atoms with Gasteiger partial charge in [-0.3, -0.25) is 0 Å². The number of anilines is 1. The van der Waals surface area contributed by atoms with Crippen LogP contribution in [0.25, 0.3) is 11.3 Å².